The molecule has 2 aromatic heterocycles. The minimum absolute atomic E-state index is 0.0405. The lowest BCUT2D eigenvalue weighted by Gasteiger charge is -2.51. The number of thiophene rings is 1. The molecule has 0 spiro atoms. The molecule has 1 atom stereocenters. The number of H-pyrrole nitrogens is 1. The molecule has 5 aliphatic rings. The molecule has 12 nitrogen and oxygen atoms in total. The van der Waals surface area contributed by atoms with Crippen LogP contribution in [0.2, 0.25) is 0 Å². The molecule has 8 rings (SSSR count). The Morgan fingerprint density at radius 1 is 1.16 bits per heavy atom. The van der Waals surface area contributed by atoms with Crippen molar-refractivity contribution in [1.29, 1.82) is 0 Å². The molecular formula is C31H33N5O7S. The molecule has 2 bridgehead atoms. The van der Waals surface area contributed by atoms with Gasteiger partial charge in [0.2, 0.25) is 11.7 Å². The van der Waals surface area contributed by atoms with Gasteiger partial charge in [0.25, 0.3) is 17.4 Å². The average Bonchev–Trinajstić information content (AvgIpc) is 3.59. The third-order valence-electron chi connectivity index (χ3n) is 10.1. The predicted octanol–water partition coefficient (Wildman–Crippen LogP) is 3.16. The van der Waals surface area contributed by atoms with Gasteiger partial charge < -0.3 is 30.4 Å². The van der Waals surface area contributed by atoms with E-state index in [0.29, 0.717) is 65.9 Å². The van der Waals surface area contributed by atoms with Gasteiger partial charge in [-0.05, 0) is 80.0 Å². The number of carbonyl (C=O) groups excluding carboxylic acids is 3. The quantitative estimate of drug-likeness (QED) is 0.312. The second kappa shape index (κ2) is 10.4. The molecule has 3 fully saturated rings. The number of carboxylic acids is 1. The Hall–Kier alpha value is -4.26. The number of aromatic amines is 1. The Morgan fingerprint density at radius 3 is 2.64 bits per heavy atom. The predicted molar refractivity (Wildman–Crippen MR) is 161 cm³/mol. The van der Waals surface area contributed by atoms with Crippen LogP contribution in [0.25, 0.3) is 10.2 Å². The summed E-state index contributed by atoms with van der Waals surface area (Å²) in [5, 5.41) is 16.0. The highest BCUT2D eigenvalue weighted by molar-refractivity contribution is 7.18. The van der Waals surface area contributed by atoms with Crippen molar-refractivity contribution in [3.05, 3.63) is 50.4 Å². The summed E-state index contributed by atoms with van der Waals surface area (Å²) in [5.74, 6) is -1.52. The number of carboxylic acid groups (broad SMARTS) is 1. The van der Waals surface area contributed by atoms with Crippen LogP contribution in [0.15, 0.2) is 23.0 Å². The third-order valence-corrected chi connectivity index (χ3v) is 11.3. The van der Waals surface area contributed by atoms with Gasteiger partial charge in [-0.2, -0.15) is 0 Å². The smallest absolute Gasteiger partial charge is 0.309 e. The van der Waals surface area contributed by atoms with Gasteiger partial charge in [-0.1, -0.05) is 6.07 Å². The van der Waals surface area contributed by atoms with Crippen LogP contribution >= 0.6 is 11.3 Å². The van der Waals surface area contributed by atoms with Crippen LogP contribution in [0.4, 0.5) is 5.69 Å². The van der Waals surface area contributed by atoms with Crippen LogP contribution in [0, 0.1) is 10.8 Å². The van der Waals surface area contributed by atoms with Crippen molar-refractivity contribution < 1.29 is 29.0 Å². The molecule has 3 aromatic rings. The van der Waals surface area contributed by atoms with Crippen molar-refractivity contribution in [3.63, 3.8) is 0 Å². The lowest BCUT2D eigenvalue weighted by Crippen LogP contribution is -2.50. The molecular weight excluding hydrogens is 586 g/mol. The number of hydrogen-bond donors (Lipinski definition) is 4. The number of amides is 3. The Labute approximate surface area is 256 Å². The van der Waals surface area contributed by atoms with Crippen LogP contribution in [0.3, 0.4) is 0 Å². The summed E-state index contributed by atoms with van der Waals surface area (Å²) in [6.07, 6.45) is 5.60. The van der Waals surface area contributed by atoms with Crippen LogP contribution in [-0.4, -0.2) is 63.9 Å². The lowest BCUT2D eigenvalue weighted by atomic mass is 9.53. The van der Waals surface area contributed by atoms with E-state index in [-0.39, 0.29) is 36.2 Å². The van der Waals surface area contributed by atoms with Gasteiger partial charge in [0.15, 0.2) is 6.61 Å². The summed E-state index contributed by atoms with van der Waals surface area (Å²) in [4.78, 5) is 73.6. The number of anilines is 1. The van der Waals surface area contributed by atoms with E-state index in [1.807, 2.05) is 0 Å². The zero-order valence-electron chi connectivity index (χ0n) is 24.3. The Kier molecular flexibility index (Phi) is 6.76. The summed E-state index contributed by atoms with van der Waals surface area (Å²) in [6.45, 7) is 0.686. The first-order valence-corrected chi connectivity index (χ1v) is 15.8. The zero-order chi connectivity index (χ0) is 30.8. The number of carbonyl (C=O) groups is 4. The number of aliphatic carboxylic acids is 1. The van der Waals surface area contributed by atoms with Gasteiger partial charge in [-0.15, -0.1) is 11.3 Å². The highest BCUT2D eigenvalue weighted by atomic mass is 32.1. The Bertz CT molecular complexity index is 1770. The zero-order valence-corrected chi connectivity index (χ0v) is 25.1. The maximum Gasteiger partial charge on any atom is 0.309 e. The second-order valence-corrected chi connectivity index (χ2v) is 13.8. The summed E-state index contributed by atoms with van der Waals surface area (Å²) < 4.78 is 5.39. The van der Waals surface area contributed by atoms with E-state index in [4.69, 9.17) is 4.74 Å². The van der Waals surface area contributed by atoms with Crippen molar-refractivity contribution in [1.82, 2.24) is 20.2 Å². The molecule has 1 aliphatic heterocycles. The largest absolute Gasteiger partial charge is 0.482 e. The summed E-state index contributed by atoms with van der Waals surface area (Å²) in [5.41, 5.74) is 0.904. The number of nitrogens with one attached hydrogen (secondary N) is 3. The summed E-state index contributed by atoms with van der Waals surface area (Å²) in [6, 6.07) is 5.29. The molecule has 0 saturated heterocycles. The molecule has 1 unspecified atom stereocenters. The number of nitrogens with zero attached hydrogens (tertiary/aromatic N) is 2. The van der Waals surface area contributed by atoms with Gasteiger partial charge in [0.05, 0.1) is 22.4 Å². The number of aryl methyl sites for hydroxylation is 1. The van der Waals surface area contributed by atoms with Crippen LogP contribution in [0.5, 0.6) is 5.75 Å². The summed E-state index contributed by atoms with van der Waals surface area (Å²) in [7, 11) is 1.61. The SMILES string of the molecule is CN(Cc1ccc2c(c1)NC(=O)CO2)C(=O)c1nc2sc3c(c2c(=O)[nH]1)C(C(=O)NCC12CCC(C(=O)O)(CC1)CC2)CC3. The third kappa shape index (κ3) is 4.73. The standard InChI is InChI=1S/C31H33N5O7S/c1-36(13-16-2-4-19-18(12-16)33-21(37)14-43-19)28(40)24-34-26(39)23-22-17(3-5-20(22)44-27(23)35-24)25(38)32-15-30-6-9-31(10-7-30,11-8-30)29(41)42/h2,4,12,17H,3,5-11,13-15H2,1H3,(H,32,38)(H,33,37)(H,41,42)(H,34,35,39). The van der Waals surface area contributed by atoms with E-state index in [9.17, 15) is 29.1 Å². The van der Waals surface area contributed by atoms with E-state index >= 15 is 0 Å². The molecule has 230 valence electrons. The minimum atomic E-state index is -0.700. The minimum Gasteiger partial charge on any atom is -0.482 e. The van der Waals surface area contributed by atoms with Gasteiger partial charge in [-0.25, -0.2) is 4.98 Å². The number of aromatic nitrogens is 2. The molecule has 3 amide bonds. The first-order chi connectivity index (χ1) is 21.1. The van der Waals surface area contributed by atoms with Crippen LogP contribution < -0.4 is 20.9 Å². The van der Waals surface area contributed by atoms with Crippen molar-refractivity contribution in [2.45, 2.75) is 63.8 Å². The van der Waals surface area contributed by atoms with Crippen molar-refractivity contribution >= 4 is 50.9 Å². The number of hydrogen-bond acceptors (Lipinski definition) is 8. The maximum atomic E-state index is 13.5. The summed E-state index contributed by atoms with van der Waals surface area (Å²) >= 11 is 1.35. The van der Waals surface area contributed by atoms with Crippen LogP contribution in [0.1, 0.15) is 77.5 Å². The molecule has 3 heterocycles. The molecule has 0 radical (unpaired) electrons. The first kappa shape index (κ1) is 28.5. The normalized spacial score (nSPS) is 25.1. The molecule has 44 heavy (non-hydrogen) atoms. The topological polar surface area (TPSA) is 171 Å². The van der Waals surface area contributed by atoms with Gasteiger partial charge in [-0.3, -0.25) is 24.0 Å². The number of ether oxygens (including phenoxy) is 1. The van der Waals surface area contributed by atoms with Gasteiger partial charge >= 0.3 is 5.97 Å². The van der Waals surface area contributed by atoms with E-state index in [1.54, 1.807) is 25.2 Å². The van der Waals surface area contributed by atoms with Crippen molar-refractivity contribution in [2.24, 2.45) is 10.8 Å². The fourth-order valence-electron chi connectivity index (χ4n) is 7.41. The van der Waals surface area contributed by atoms with E-state index in [0.717, 1.165) is 29.7 Å². The fourth-order valence-corrected chi connectivity index (χ4v) is 8.66. The first-order valence-electron chi connectivity index (χ1n) is 14.9. The molecule has 4 N–H and O–H groups in total. The molecule has 13 heteroatoms. The monoisotopic (exact) mass is 619 g/mol. The Balaban J connectivity index is 1.05. The highest BCUT2D eigenvalue weighted by Crippen LogP contribution is 2.56. The van der Waals surface area contributed by atoms with Gasteiger partial charge in [0, 0.05) is 25.0 Å². The number of benzene rings is 1. The van der Waals surface area contributed by atoms with E-state index in [1.165, 1.54) is 16.2 Å². The van der Waals surface area contributed by atoms with Gasteiger partial charge in [0.1, 0.15) is 10.6 Å². The van der Waals surface area contributed by atoms with E-state index < -0.39 is 28.8 Å². The lowest BCUT2D eigenvalue weighted by molar-refractivity contribution is -0.159. The fraction of sp³-hybridized carbons (Fsp3) is 0.484. The second-order valence-electron chi connectivity index (χ2n) is 12.8. The van der Waals surface area contributed by atoms with Crippen molar-refractivity contribution in [2.75, 3.05) is 25.5 Å². The molecule has 4 aliphatic carbocycles. The van der Waals surface area contributed by atoms with Crippen molar-refractivity contribution in [3.8, 4) is 5.75 Å². The number of fused-ring (bicyclic) bond motifs is 7. The Morgan fingerprint density at radius 2 is 1.91 bits per heavy atom. The average molecular weight is 620 g/mol. The number of rotatable bonds is 7. The maximum absolute atomic E-state index is 13.5. The van der Waals surface area contributed by atoms with E-state index in [2.05, 4.69) is 20.6 Å². The molecule has 1 aromatic carbocycles. The highest BCUT2D eigenvalue weighted by Gasteiger charge is 2.52. The molecule has 3 saturated carbocycles. The van der Waals surface area contributed by atoms with Crippen LogP contribution in [-0.2, 0) is 27.3 Å².